The Hall–Kier alpha value is -5.33. The number of amides is 1. The number of sulfonamides is 1. The number of piperazine rings is 1. The quantitative estimate of drug-likeness (QED) is 0.0875. The van der Waals surface area contributed by atoms with Gasteiger partial charge in [-0.05, 0) is 136 Å². The van der Waals surface area contributed by atoms with Crippen LogP contribution in [0.5, 0.6) is 5.75 Å². The molecule has 9 rings (SSSR count). The van der Waals surface area contributed by atoms with E-state index in [2.05, 4.69) is 66.9 Å². The monoisotopic (exact) mass is 950 g/mol. The molecule has 4 heterocycles. The van der Waals surface area contributed by atoms with Crippen molar-refractivity contribution in [1.29, 1.82) is 0 Å². The molecular weight excluding hydrogens is 885 g/mol. The van der Waals surface area contributed by atoms with Gasteiger partial charge in [0.2, 0.25) is 0 Å². The van der Waals surface area contributed by atoms with E-state index in [1.54, 1.807) is 19.2 Å². The number of nitrogens with one attached hydrogen (secondary N) is 2. The zero-order valence-electron chi connectivity index (χ0n) is 39.6. The summed E-state index contributed by atoms with van der Waals surface area (Å²) in [7, 11) is -2.69. The lowest BCUT2D eigenvalue weighted by Gasteiger charge is -2.58. The number of carbonyl (C=O) groups excluding carboxylic acids is 1. The first-order chi connectivity index (χ1) is 32.7. The Morgan fingerprint density at radius 2 is 1.66 bits per heavy atom. The fraction of sp³-hybridized carbons (Fsp3) is 0.529. The first-order valence-electron chi connectivity index (χ1n) is 24.2. The fourth-order valence-electron chi connectivity index (χ4n) is 11.3. The van der Waals surface area contributed by atoms with Crippen LogP contribution in [0.3, 0.4) is 0 Å². The van der Waals surface area contributed by atoms with E-state index in [1.807, 2.05) is 25.3 Å². The van der Waals surface area contributed by atoms with Crippen molar-refractivity contribution in [3.8, 4) is 5.75 Å². The molecule has 4 aromatic rings. The van der Waals surface area contributed by atoms with Gasteiger partial charge in [0.1, 0.15) is 5.69 Å². The van der Waals surface area contributed by atoms with Crippen LogP contribution >= 0.6 is 0 Å². The summed E-state index contributed by atoms with van der Waals surface area (Å²) < 4.78 is 40.2. The molecule has 3 aromatic carbocycles. The summed E-state index contributed by atoms with van der Waals surface area (Å²) in [6, 6.07) is 22.4. The lowest BCUT2D eigenvalue weighted by atomic mass is 9.59. The fourth-order valence-corrected chi connectivity index (χ4v) is 12.3. The van der Waals surface area contributed by atoms with Gasteiger partial charge in [0.15, 0.2) is 11.6 Å². The Morgan fingerprint density at radius 1 is 0.941 bits per heavy atom. The van der Waals surface area contributed by atoms with Gasteiger partial charge in [0, 0.05) is 94.5 Å². The van der Waals surface area contributed by atoms with Crippen LogP contribution in [0.15, 0.2) is 83.9 Å². The van der Waals surface area contributed by atoms with Crippen molar-refractivity contribution < 1.29 is 32.7 Å². The molecule has 68 heavy (non-hydrogen) atoms. The number of nitro groups is 1. The van der Waals surface area contributed by atoms with Gasteiger partial charge in [-0.2, -0.15) is 0 Å². The lowest BCUT2D eigenvalue weighted by molar-refractivity contribution is -0.384. The average Bonchev–Trinajstić information content (AvgIpc) is 3.33. The van der Waals surface area contributed by atoms with Crippen LogP contribution < -0.4 is 24.6 Å². The summed E-state index contributed by atoms with van der Waals surface area (Å²) in [6.07, 6.45) is 9.40. The van der Waals surface area contributed by atoms with E-state index in [0.29, 0.717) is 50.1 Å². The minimum atomic E-state index is -4.41. The van der Waals surface area contributed by atoms with Gasteiger partial charge in [0.25, 0.3) is 21.6 Å². The molecule has 1 spiro atoms. The number of methoxy groups -OCH3 is 1. The van der Waals surface area contributed by atoms with Crippen molar-refractivity contribution in [2.45, 2.75) is 94.3 Å². The molecule has 16 nitrogen and oxygen atoms in total. The van der Waals surface area contributed by atoms with Crippen LogP contribution in [0.4, 0.5) is 22.9 Å². The Bertz CT molecular complexity index is 2550. The van der Waals surface area contributed by atoms with Crippen LogP contribution in [-0.2, 0) is 21.3 Å². The number of carbonyl (C=O) groups is 1. The summed E-state index contributed by atoms with van der Waals surface area (Å²) >= 11 is 0. The van der Waals surface area contributed by atoms with E-state index < -0.39 is 32.1 Å². The number of rotatable bonds is 14. The molecular formula is C51H66N8O8S. The number of benzene rings is 3. The molecule has 364 valence electrons. The third-order valence-electron chi connectivity index (χ3n) is 15.5. The predicted octanol–water partition coefficient (Wildman–Crippen LogP) is 6.92. The number of aliphatic hydroxyl groups is 1. The van der Waals surface area contributed by atoms with Gasteiger partial charge in [-0.3, -0.25) is 24.7 Å². The molecule has 5 fully saturated rings. The highest BCUT2D eigenvalue weighted by atomic mass is 32.2. The second-order valence-electron chi connectivity index (χ2n) is 20.1. The number of piperidine rings is 1. The maximum atomic E-state index is 13.3. The molecule has 3 N–H and O–H groups in total. The molecule has 1 atom stereocenters. The Labute approximate surface area is 400 Å². The van der Waals surface area contributed by atoms with Crippen molar-refractivity contribution in [3.63, 3.8) is 0 Å². The third kappa shape index (κ3) is 10.6. The van der Waals surface area contributed by atoms with Crippen LogP contribution in [0.2, 0.25) is 0 Å². The lowest BCUT2D eigenvalue weighted by Crippen LogP contribution is -2.59. The number of aryl methyl sites for hydroxylation is 1. The van der Waals surface area contributed by atoms with Crippen LogP contribution in [0, 0.1) is 28.4 Å². The summed E-state index contributed by atoms with van der Waals surface area (Å²) in [5, 5.41) is 25.4. The predicted molar refractivity (Wildman–Crippen MR) is 262 cm³/mol. The van der Waals surface area contributed by atoms with Crippen molar-refractivity contribution in [2.24, 2.45) is 11.3 Å². The van der Waals surface area contributed by atoms with Gasteiger partial charge >= 0.3 is 0 Å². The number of morpholine rings is 1. The normalized spacial score (nSPS) is 23.8. The van der Waals surface area contributed by atoms with E-state index in [-0.39, 0.29) is 22.1 Å². The number of hydrogen-bond donors (Lipinski definition) is 3. The summed E-state index contributed by atoms with van der Waals surface area (Å²) in [5.74, 6) is 1.11. The molecule has 2 aliphatic carbocycles. The SMILES string of the molecule is COc1cc(CN2CCN(C3CC4(CCN(c5ccc(C(=O)NS(=O)(=O)c6ccc(NC[C@H]7CC[C@](C)(O)CC7)c([N+](=O)[O-])c6)cc5)CC4)C3)[C@H](c3ccccc3C)C2)cnc1N1CCOCC1. The zero-order valence-corrected chi connectivity index (χ0v) is 40.4. The number of hydrogen-bond acceptors (Lipinski definition) is 14. The zero-order chi connectivity index (χ0) is 47.6. The molecule has 17 heteroatoms. The first kappa shape index (κ1) is 47.7. The van der Waals surface area contributed by atoms with E-state index in [0.717, 1.165) is 107 Å². The summed E-state index contributed by atoms with van der Waals surface area (Å²) in [4.78, 5) is 39.0. The number of aromatic nitrogens is 1. The van der Waals surface area contributed by atoms with Crippen molar-refractivity contribution in [2.75, 3.05) is 87.8 Å². The van der Waals surface area contributed by atoms with Crippen LogP contribution in [0.25, 0.3) is 0 Å². The number of nitrogens with zero attached hydrogens (tertiary/aromatic N) is 6. The Balaban J connectivity index is 0.778. The molecule has 0 unspecified atom stereocenters. The molecule has 0 bridgehead atoms. The smallest absolute Gasteiger partial charge is 0.293 e. The second-order valence-corrected chi connectivity index (χ2v) is 21.8. The van der Waals surface area contributed by atoms with Gasteiger partial charge in [-0.25, -0.2) is 18.1 Å². The van der Waals surface area contributed by atoms with Crippen molar-refractivity contribution >= 4 is 38.8 Å². The summed E-state index contributed by atoms with van der Waals surface area (Å²) in [5.41, 5.74) is 4.45. The topological polar surface area (TPSA) is 183 Å². The minimum Gasteiger partial charge on any atom is -0.493 e. The largest absolute Gasteiger partial charge is 0.493 e. The molecule has 3 saturated heterocycles. The van der Waals surface area contributed by atoms with E-state index in [1.165, 1.54) is 36.1 Å². The van der Waals surface area contributed by atoms with E-state index in [9.17, 15) is 28.4 Å². The standard InChI is InChI=1S/C51H66N8O8S/c1-36-6-4-5-7-43(36)46-35-55(34-38-28-47(66-3)48(53-33-38)57-24-26-67-27-25-57)22-23-58(46)41-30-51(31-41)18-20-56(21-19-51)40-10-8-39(9-11-40)49(60)54-68(64,65)42-12-13-44(45(29-42)59(62)63)52-32-37-14-16-50(2,61)17-15-37/h4-13,28-29,33,37,41,46,52,61H,14-27,30-32,34-35H2,1-3H3,(H,54,60)/t37-,46-,50-/m0/s1. The maximum Gasteiger partial charge on any atom is 0.293 e. The first-order valence-corrected chi connectivity index (χ1v) is 25.7. The maximum absolute atomic E-state index is 13.3. The van der Waals surface area contributed by atoms with Crippen molar-refractivity contribution in [1.82, 2.24) is 19.5 Å². The van der Waals surface area contributed by atoms with E-state index >= 15 is 0 Å². The highest BCUT2D eigenvalue weighted by molar-refractivity contribution is 7.90. The Morgan fingerprint density at radius 3 is 2.35 bits per heavy atom. The number of pyridine rings is 1. The number of anilines is 3. The molecule has 2 saturated carbocycles. The molecule has 1 amide bonds. The number of nitro benzene ring substituents is 1. The average molecular weight is 951 g/mol. The van der Waals surface area contributed by atoms with Crippen LogP contribution in [0.1, 0.15) is 91.4 Å². The highest BCUT2D eigenvalue weighted by Crippen LogP contribution is 2.53. The molecule has 3 aliphatic heterocycles. The second kappa shape index (κ2) is 19.9. The van der Waals surface area contributed by atoms with Crippen LogP contribution in [-0.4, -0.2) is 123 Å². The number of ether oxygens (including phenoxy) is 2. The highest BCUT2D eigenvalue weighted by Gasteiger charge is 2.50. The summed E-state index contributed by atoms with van der Waals surface area (Å²) in [6.45, 7) is 13.0. The van der Waals surface area contributed by atoms with E-state index in [4.69, 9.17) is 14.5 Å². The molecule has 0 radical (unpaired) electrons. The van der Waals surface area contributed by atoms with Crippen molar-refractivity contribution in [3.05, 3.63) is 111 Å². The Kier molecular flexibility index (Phi) is 14.0. The molecule has 5 aliphatic rings. The third-order valence-corrected chi connectivity index (χ3v) is 16.8. The minimum absolute atomic E-state index is 0.174. The van der Waals surface area contributed by atoms with Gasteiger partial charge < -0.3 is 29.7 Å². The molecule has 1 aromatic heterocycles. The van der Waals surface area contributed by atoms with Gasteiger partial charge in [-0.1, -0.05) is 24.3 Å². The van der Waals surface area contributed by atoms with Gasteiger partial charge in [-0.15, -0.1) is 0 Å². The van der Waals surface area contributed by atoms with Gasteiger partial charge in [0.05, 0.1) is 35.7 Å².